The first-order chi connectivity index (χ1) is 9.24. The molecule has 1 aliphatic carbocycles. The summed E-state index contributed by atoms with van der Waals surface area (Å²) < 4.78 is 5.59. The third-order valence-corrected chi connectivity index (χ3v) is 3.59. The van der Waals surface area contributed by atoms with Crippen molar-refractivity contribution in [3.63, 3.8) is 0 Å². The number of ether oxygens (including phenoxy) is 1. The molecule has 0 aliphatic heterocycles. The third kappa shape index (κ3) is 6.08. The molecule has 106 valence electrons. The zero-order valence-corrected chi connectivity index (χ0v) is 11.8. The van der Waals surface area contributed by atoms with Crippen LogP contribution in [0, 0.1) is 5.92 Å². The molecule has 0 aromatic heterocycles. The van der Waals surface area contributed by atoms with E-state index in [-0.39, 0.29) is 0 Å². The Morgan fingerprint density at radius 3 is 2.74 bits per heavy atom. The Labute approximate surface area is 116 Å². The van der Waals surface area contributed by atoms with Gasteiger partial charge in [0.25, 0.3) is 0 Å². The predicted molar refractivity (Wildman–Crippen MR) is 77.4 cm³/mol. The fourth-order valence-corrected chi connectivity index (χ4v) is 2.06. The average Bonchev–Trinajstić information content (AvgIpc) is 3.22. The van der Waals surface area contributed by atoms with Crippen LogP contribution in [0.5, 0.6) is 5.75 Å². The highest BCUT2D eigenvalue weighted by molar-refractivity contribution is 5.25. The van der Waals surface area contributed by atoms with E-state index in [0.717, 1.165) is 38.5 Å². The summed E-state index contributed by atoms with van der Waals surface area (Å²) in [6, 6.07) is 7.97. The second-order valence-corrected chi connectivity index (χ2v) is 5.58. The van der Waals surface area contributed by atoms with Crippen molar-refractivity contribution in [2.24, 2.45) is 5.92 Å². The van der Waals surface area contributed by atoms with Gasteiger partial charge in [-0.15, -0.1) is 0 Å². The first-order valence-electron chi connectivity index (χ1n) is 7.33. The van der Waals surface area contributed by atoms with E-state index in [1.807, 2.05) is 12.1 Å². The van der Waals surface area contributed by atoms with Crippen LogP contribution in [0.3, 0.4) is 0 Å². The highest BCUT2D eigenvalue weighted by Gasteiger charge is 2.20. The molecule has 19 heavy (non-hydrogen) atoms. The van der Waals surface area contributed by atoms with Crippen molar-refractivity contribution in [1.82, 2.24) is 5.32 Å². The van der Waals surface area contributed by atoms with Crippen LogP contribution in [0.25, 0.3) is 0 Å². The van der Waals surface area contributed by atoms with Crippen LogP contribution < -0.4 is 5.32 Å². The molecule has 0 saturated heterocycles. The lowest BCUT2D eigenvalue weighted by atomic mass is 10.1. The summed E-state index contributed by atoms with van der Waals surface area (Å²) in [5, 5.41) is 12.7. The van der Waals surface area contributed by atoms with Crippen molar-refractivity contribution in [2.75, 3.05) is 19.8 Å². The lowest BCUT2D eigenvalue weighted by molar-refractivity contribution is 0.124. The summed E-state index contributed by atoms with van der Waals surface area (Å²) in [7, 11) is 0. The van der Waals surface area contributed by atoms with Crippen molar-refractivity contribution < 1.29 is 9.84 Å². The van der Waals surface area contributed by atoms with Crippen LogP contribution in [0.15, 0.2) is 24.3 Å². The normalized spacial score (nSPS) is 16.5. The van der Waals surface area contributed by atoms with Gasteiger partial charge in [0.1, 0.15) is 5.75 Å². The lowest BCUT2D eigenvalue weighted by Crippen LogP contribution is -2.30. The molecular formula is C16H25NO2. The summed E-state index contributed by atoms with van der Waals surface area (Å²) in [4.78, 5) is 0. The number of aryl methyl sites for hydroxylation is 1. The highest BCUT2D eigenvalue weighted by Crippen LogP contribution is 2.28. The zero-order valence-electron chi connectivity index (χ0n) is 11.8. The highest BCUT2D eigenvalue weighted by atomic mass is 16.5. The van der Waals surface area contributed by atoms with E-state index >= 15 is 0 Å². The molecule has 1 atom stereocenters. The molecule has 3 nitrogen and oxygen atoms in total. The van der Waals surface area contributed by atoms with E-state index in [2.05, 4.69) is 12.2 Å². The van der Waals surface area contributed by atoms with Crippen LogP contribution in [-0.2, 0) is 11.2 Å². The number of nitrogens with one attached hydrogen (secondary N) is 1. The standard InChI is InChI=1S/C16H25NO2/c1-13(17-10-11-19-12-15-4-5-15)2-3-14-6-8-16(18)9-7-14/h6-9,13,15,17-18H,2-5,10-12H2,1H3. The molecule has 1 saturated carbocycles. The number of hydrogen-bond donors (Lipinski definition) is 2. The Balaban J connectivity index is 1.51. The van der Waals surface area contributed by atoms with Crippen LogP contribution >= 0.6 is 0 Å². The van der Waals surface area contributed by atoms with Crippen LogP contribution in [0.2, 0.25) is 0 Å². The molecule has 2 N–H and O–H groups in total. The van der Waals surface area contributed by atoms with Crippen molar-refractivity contribution >= 4 is 0 Å². The van der Waals surface area contributed by atoms with Gasteiger partial charge in [-0.3, -0.25) is 0 Å². The van der Waals surface area contributed by atoms with E-state index in [1.54, 1.807) is 12.1 Å². The van der Waals surface area contributed by atoms with E-state index < -0.39 is 0 Å². The first kappa shape index (κ1) is 14.4. The molecule has 1 aromatic carbocycles. The summed E-state index contributed by atoms with van der Waals surface area (Å²) >= 11 is 0. The molecule has 0 amide bonds. The Hall–Kier alpha value is -1.06. The molecular weight excluding hydrogens is 238 g/mol. The average molecular weight is 263 g/mol. The zero-order chi connectivity index (χ0) is 13.5. The van der Waals surface area contributed by atoms with Gasteiger partial charge in [0.2, 0.25) is 0 Å². The molecule has 1 aromatic rings. The van der Waals surface area contributed by atoms with Crippen LogP contribution in [0.1, 0.15) is 31.7 Å². The van der Waals surface area contributed by atoms with Gasteiger partial charge in [0.15, 0.2) is 0 Å². The van der Waals surface area contributed by atoms with E-state index in [9.17, 15) is 5.11 Å². The maximum absolute atomic E-state index is 9.22. The largest absolute Gasteiger partial charge is 0.508 e. The van der Waals surface area contributed by atoms with E-state index in [1.165, 1.54) is 18.4 Å². The van der Waals surface area contributed by atoms with E-state index in [4.69, 9.17) is 4.74 Å². The summed E-state index contributed by atoms with van der Waals surface area (Å²) in [6.45, 7) is 4.91. The smallest absolute Gasteiger partial charge is 0.115 e. The van der Waals surface area contributed by atoms with Gasteiger partial charge in [-0.05, 0) is 56.2 Å². The number of aromatic hydroxyl groups is 1. The Kier molecular flexibility index (Phi) is 5.67. The minimum atomic E-state index is 0.336. The quantitative estimate of drug-likeness (QED) is 0.673. The molecule has 0 heterocycles. The Morgan fingerprint density at radius 2 is 2.05 bits per heavy atom. The first-order valence-corrected chi connectivity index (χ1v) is 7.33. The topological polar surface area (TPSA) is 41.5 Å². The van der Waals surface area contributed by atoms with E-state index in [0.29, 0.717) is 11.8 Å². The summed E-state index contributed by atoms with van der Waals surface area (Å²) in [5.41, 5.74) is 1.27. The summed E-state index contributed by atoms with van der Waals surface area (Å²) in [5.74, 6) is 1.19. The number of phenols is 1. The molecule has 2 rings (SSSR count). The second-order valence-electron chi connectivity index (χ2n) is 5.58. The summed E-state index contributed by atoms with van der Waals surface area (Å²) in [6.07, 6.45) is 4.86. The molecule has 1 fully saturated rings. The Morgan fingerprint density at radius 1 is 1.32 bits per heavy atom. The number of rotatable bonds is 9. The van der Waals surface area contributed by atoms with Gasteiger partial charge in [0.05, 0.1) is 6.61 Å². The van der Waals surface area contributed by atoms with Gasteiger partial charge in [-0.2, -0.15) is 0 Å². The SMILES string of the molecule is CC(CCc1ccc(O)cc1)NCCOCC1CC1. The van der Waals surface area contributed by atoms with Crippen LogP contribution in [-0.4, -0.2) is 30.9 Å². The maximum atomic E-state index is 9.22. The number of hydrogen-bond acceptors (Lipinski definition) is 3. The monoisotopic (exact) mass is 263 g/mol. The number of phenolic OH excluding ortho intramolecular Hbond substituents is 1. The minimum absolute atomic E-state index is 0.336. The fourth-order valence-electron chi connectivity index (χ4n) is 2.06. The minimum Gasteiger partial charge on any atom is -0.508 e. The van der Waals surface area contributed by atoms with Gasteiger partial charge >= 0.3 is 0 Å². The predicted octanol–water partition coefficient (Wildman–Crippen LogP) is 2.73. The molecule has 1 unspecified atom stereocenters. The van der Waals surface area contributed by atoms with Crippen LogP contribution in [0.4, 0.5) is 0 Å². The lowest BCUT2D eigenvalue weighted by Gasteiger charge is -2.14. The molecule has 0 spiro atoms. The maximum Gasteiger partial charge on any atom is 0.115 e. The third-order valence-electron chi connectivity index (χ3n) is 3.59. The second kappa shape index (κ2) is 7.51. The van der Waals surface area contributed by atoms with Gasteiger partial charge in [-0.25, -0.2) is 0 Å². The molecule has 0 bridgehead atoms. The number of benzene rings is 1. The molecule has 1 aliphatic rings. The molecule has 3 heteroatoms. The van der Waals surface area contributed by atoms with Gasteiger partial charge in [-0.1, -0.05) is 12.1 Å². The van der Waals surface area contributed by atoms with Gasteiger partial charge < -0.3 is 15.2 Å². The van der Waals surface area contributed by atoms with Crippen molar-refractivity contribution in [3.8, 4) is 5.75 Å². The Bertz CT molecular complexity index is 360. The molecule has 0 radical (unpaired) electrons. The van der Waals surface area contributed by atoms with Crippen molar-refractivity contribution in [1.29, 1.82) is 0 Å². The van der Waals surface area contributed by atoms with Crippen molar-refractivity contribution in [2.45, 2.75) is 38.6 Å². The van der Waals surface area contributed by atoms with Crippen molar-refractivity contribution in [3.05, 3.63) is 29.8 Å². The van der Waals surface area contributed by atoms with Gasteiger partial charge in [0, 0.05) is 19.2 Å². The fraction of sp³-hybridized carbons (Fsp3) is 0.625.